The summed E-state index contributed by atoms with van der Waals surface area (Å²) >= 11 is 0. The molecule has 0 aliphatic rings. The number of rotatable bonds is 15. The van der Waals surface area contributed by atoms with Crippen molar-refractivity contribution < 1.29 is 34.2 Å². The summed E-state index contributed by atoms with van der Waals surface area (Å²) in [6, 6.07) is 11.6. The molecule has 12 nitrogen and oxygen atoms in total. The first kappa shape index (κ1) is 31.8. The second kappa shape index (κ2) is 14.8. The Kier molecular flexibility index (Phi) is 11.2. The van der Waals surface area contributed by atoms with Gasteiger partial charge in [-0.1, -0.05) is 62.4 Å². The van der Waals surface area contributed by atoms with Gasteiger partial charge in [0, 0.05) is 36.4 Å². The van der Waals surface area contributed by atoms with Crippen LogP contribution in [0.25, 0.3) is 10.9 Å². The first-order valence-corrected chi connectivity index (χ1v) is 13.7. The minimum Gasteiger partial charge on any atom is -0.481 e. The lowest BCUT2D eigenvalue weighted by atomic mass is 10.00. The number of hydrogen-bond donors (Lipinski definition) is 7. The van der Waals surface area contributed by atoms with Gasteiger partial charge in [0.25, 0.3) is 0 Å². The fourth-order valence-corrected chi connectivity index (χ4v) is 4.52. The minimum atomic E-state index is -1.21. The first-order valence-electron chi connectivity index (χ1n) is 13.7. The van der Waals surface area contributed by atoms with Crippen molar-refractivity contribution in [3.8, 4) is 0 Å². The van der Waals surface area contributed by atoms with Crippen molar-refractivity contribution in [2.45, 2.75) is 63.7 Å². The highest BCUT2D eigenvalue weighted by molar-refractivity contribution is 5.95. The van der Waals surface area contributed by atoms with Crippen LogP contribution in [-0.4, -0.2) is 69.0 Å². The minimum absolute atomic E-state index is 0.0378. The van der Waals surface area contributed by atoms with E-state index in [9.17, 15) is 29.1 Å². The van der Waals surface area contributed by atoms with E-state index in [1.807, 2.05) is 24.3 Å². The number of carboxylic acids is 2. The van der Waals surface area contributed by atoms with Gasteiger partial charge in [-0.3, -0.25) is 19.2 Å². The van der Waals surface area contributed by atoms with Crippen LogP contribution < -0.4 is 21.7 Å². The summed E-state index contributed by atoms with van der Waals surface area (Å²) in [5, 5.41) is 27.2. The monoisotopic (exact) mass is 579 g/mol. The van der Waals surface area contributed by atoms with E-state index in [1.165, 1.54) is 0 Å². The molecule has 0 saturated heterocycles. The number of hydrogen-bond acceptors (Lipinski definition) is 6. The molecule has 4 unspecified atom stereocenters. The average Bonchev–Trinajstić information content (AvgIpc) is 3.36. The van der Waals surface area contributed by atoms with Crippen LogP contribution in [0.3, 0.4) is 0 Å². The summed E-state index contributed by atoms with van der Waals surface area (Å²) in [7, 11) is 0. The highest BCUT2D eigenvalue weighted by atomic mass is 16.4. The summed E-state index contributed by atoms with van der Waals surface area (Å²) in [5.41, 5.74) is 8.15. The molecule has 3 amide bonds. The number of para-hydroxylation sites is 1. The molecule has 0 fully saturated rings. The molecule has 1 heterocycles. The molecule has 1 aromatic heterocycles. The zero-order valence-electron chi connectivity index (χ0n) is 23.5. The highest BCUT2D eigenvalue weighted by Gasteiger charge is 2.32. The molecule has 2 aromatic carbocycles. The van der Waals surface area contributed by atoms with Crippen LogP contribution in [0.1, 0.15) is 37.8 Å². The van der Waals surface area contributed by atoms with Gasteiger partial charge in [0.15, 0.2) is 0 Å². The Bertz CT molecular complexity index is 1410. The number of nitrogens with two attached hydrogens (primary N) is 1. The molecular formula is C30H37N5O7. The van der Waals surface area contributed by atoms with Crippen molar-refractivity contribution in [3.63, 3.8) is 0 Å². The fraction of sp³-hybridized carbons (Fsp3) is 0.367. The zero-order valence-corrected chi connectivity index (χ0v) is 23.5. The van der Waals surface area contributed by atoms with Crippen LogP contribution in [0.5, 0.6) is 0 Å². The third kappa shape index (κ3) is 8.90. The van der Waals surface area contributed by atoms with Crippen molar-refractivity contribution in [1.29, 1.82) is 0 Å². The number of amides is 3. The van der Waals surface area contributed by atoms with Crippen LogP contribution >= 0.6 is 0 Å². The second-order valence-electron chi connectivity index (χ2n) is 10.5. The lowest BCUT2D eigenvalue weighted by Crippen LogP contribution is -2.58. The van der Waals surface area contributed by atoms with Gasteiger partial charge in [-0.05, 0) is 29.5 Å². The normalized spacial score (nSPS) is 14.0. The van der Waals surface area contributed by atoms with Gasteiger partial charge in [0.2, 0.25) is 17.7 Å². The summed E-state index contributed by atoms with van der Waals surface area (Å²) in [6.45, 7) is 3.32. The quantitative estimate of drug-likeness (QED) is 0.140. The van der Waals surface area contributed by atoms with Gasteiger partial charge in [-0.15, -0.1) is 0 Å². The molecule has 8 N–H and O–H groups in total. The molecule has 0 spiro atoms. The number of carbonyl (C=O) groups excluding carboxylic acids is 3. The van der Waals surface area contributed by atoms with Crippen molar-refractivity contribution >= 4 is 40.6 Å². The van der Waals surface area contributed by atoms with E-state index in [2.05, 4.69) is 20.9 Å². The zero-order chi connectivity index (χ0) is 30.8. The van der Waals surface area contributed by atoms with Crippen LogP contribution in [-0.2, 0) is 36.8 Å². The molecule has 0 bridgehead atoms. The SMILES string of the molecule is CC(C)C(NC(=O)C(Cc1c[nH]c2ccccc12)NC(=O)C(Cc1ccccc1)NC(=O)C(N)CCC(=O)O)C(=O)O. The molecule has 3 aromatic rings. The maximum absolute atomic E-state index is 13.7. The molecule has 224 valence electrons. The number of fused-ring (bicyclic) bond motifs is 1. The second-order valence-corrected chi connectivity index (χ2v) is 10.5. The van der Waals surface area contributed by atoms with Gasteiger partial charge in [-0.2, -0.15) is 0 Å². The standard InChI is InChI=1S/C30H37N5O7/c1-17(2)26(30(41)42)35-29(40)24(15-19-16-32-22-11-7-6-10-20(19)22)34-28(39)23(14-18-8-4-3-5-9-18)33-27(38)21(31)12-13-25(36)37/h3-11,16-17,21,23-24,26,32H,12-15,31H2,1-2H3,(H,33,38)(H,34,39)(H,35,40)(H,36,37)(H,41,42). The predicted octanol–water partition coefficient (Wildman–Crippen LogP) is 1.34. The third-order valence-electron chi connectivity index (χ3n) is 6.88. The van der Waals surface area contributed by atoms with E-state index >= 15 is 0 Å². The van der Waals surface area contributed by atoms with Crippen LogP contribution in [0, 0.1) is 5.92 Å². The lowest BCUT2D eigenvalue weighted by Gasteiger charge is -2.26. The largest absolute Gasteiger partial charge is 0.481 e. The van der Waals surface area contributed by atoms with Crippen molar-refractivity contribution in [1.82, 2.24) is 20.9 Å². The number of H-pyrrole nitrogens is 1. The summed E-state index contributed by atoms with van der Waals surface area (Å²) in [6.07, 6.45) is 1.38. The smallest absolute Gasteiger partial charge is 0.326 e. The molecule has 12 heteroatoms. The number of aliphatic carboxylic acids is 2. The third-order valence-corrected chi connectivity index (χ3v) is 6.88. The molecular weight excluding hydrogens is 542 g/mol. The first-order chi connectivity index (χ1) is 20.0. The van der Waals surface area contributed by atoms with E-state index in [4.69, 9.17) is 10.8 Å². The number of aromatic nitrogens is 1. The number of carbonyl (C=O) groups is 5. The van der Waals surface area contributed by atoms with Crippen LogP contribution in [0.15, 0.2) is 60.8 Å². The van der Waals surface area contributed by atoms with Gasteiger partial charge in [-0.25, -0.2) is 4.79 Å². The van der Waals surface area contributed by atoms with Crippen molar-refractivity contribution in [2.24, 2.45) is 11.7 Å². The number of carboxylic acid groups (broad SMARTS) is 2. The lowest BCUT2D eigenvalue weighted by molar-refractivity contribution is -0.143. The Morgan fingerprint density at radius 2 is 1.40 bits per heavy atom. The maximum Gasteiger partial charge on any atom is 0.326 e. The molecule has 4 atom stereocenters. The van der Waals surface area contributed by atoms with E-state index < -0.39 is 59.7 Å². The molecule has 3 rings (SSSR count). The Morgan fingerprint density at radius 1 is 0.810 bits per heavy atom. The van der Waals surface area contributed by atoms with Crippen LogP contribution in [0.2, 0.25) is 0 Å². The van der Waals surface area contributed by atoms with E-state index in [-0.39, 0.29) is 25.7 Å². The summed E-state index contributed by atoms with van der Waals surface area (Å²) < 4.78 is 0. The average molecular weight is 580 g/mol. The van der Waals surface area contributed by atoms with E-state index in [1.54, 1.807) is 50.4 Å². The summed E-state index contributed by atoms with van der Waals surface area (Å²) in [4.78, 5) is 65.8. The molecule has 42 heavy (non-hydrogen) atoms. The van der Waals surface area contributed by atoms with E-state index in [0.717, 1.165) is 22.0 Å². The Balaban J connectivity index is 1.88. The topological polar surface area (TPSA) is 204 Å². The van der Waals surface area contributed by atoms with Crippen molar-refractivity contribution in [3.05, 3.63) is 71.9 Å². The Morgan fingerprint density at radius 3 is 2.05 bits per heavy atom. The van der Waals surface area contributed by atoms with Crippen LogP contribution in [0.4, 0.5) is 0 Å². The van der Waals surface area contributed by atoms with Gasteiger partial charge < -0.3 is 36.9 Å². The molecule has 0 aliphatic heterocycles. The number of nitrogens with one attached hydrogen (secondary N) is 4. The van der Waals surface area contributed by atoms with E-state index in [0.29, 0.717) is 0 Å². The molecule has 0 aliphatic carbocycles. The maximum atomic E-state index is 13.7. The van der Waals surface area contributed by atoms with Gasteiger partial charge in [0.05, 0.1) is 6.04 Å². The van der Waals surface area contributed by atoms with Gasteiger partial charge in [0.1, 0.15) is 18.1 Å². The number of aromatic amines is 1. The highest BCUT2D eigenvalue weighted by Crippen LogP contribution is 2.19. The Hall–Kier alpha value is -4.71. The number of benzene rings is 2. The Labute approximate surface area is 243 Å². The fourth-order valence-electron chi connectivity index (χ4n) is 4.52. The van der Waals surface area contributed by atoms with Gasteiger partial charge >= 0.3 is 11.9 Å². The predicted molar refractivity (Wildman–Crippen MR) is 155 cm³/mol. The molecule has 0 saturated carbocycles. The summed E-state index contributed by atoms with van der Waals surface area (Å²) in [5.74, 6) is -4.83. The molecule has 0 radical (unpaired) electrons. The van der Waals surface area contributed by atoms with Crippen molar-refractivity contribution in [2.75, 3.05) is 0 Å².